The molecule has 0 heterocycles. The molecule has 21 heavy (non-hydrogen) atoms. The summed E-state index contributed by atoms with van der Waals surface area (Å²) >= 11 is 3.39. The lowest BCUT2D eigenvalue weighted by Gasteiger charge is -2.19. The number of hydrogen-bond donors (Lipinski definition) is 2. The molecule has 2 rings (SSSR count). The van der Waals surface area contributed by atoms with Crippen LogP contribution in [0.15, 0.2) is 46.9 Å². The maximum absolute atomic E-state index is 13.4. The van der Waals surface area contributed by atoms with E-state index in [2.05, 4.69) is 21.2 Å². The van der Waals surface area contributed by atoms with Gasteiger partial charge in [-0.3, -0.25) is 0 Å². The molecule has 2 aromatic rings. The van der Waals surface area contributed by atoms with Crippen LogP contribution in [0.4, 0.5) is 10.1 Å². The molecule has 1 atom stereocenters. The second-order valence-electron chi connectivity index (χ2n) is 4.66. The fourth-order valence-electron chi connectivity index (χ4n) is 2.10. The van der Waals surface area contributed by atoms with Gasteiger partial charge < -0.3 is 10.4 Å². The minimum Gasteiger partial charge on any atom is -0.478 e. The smallest absolute Gasteiger partial charge is 0.338 e. The van der Waals surface area contributed by atoms with Crippen LogP contribution in [-0.4, -0.2) is 11.1 Å². The molecule has 0 aliphatic carbocycles. The molecule has 0 aromatic heterocycles. The summed E-state index contributed by atoms with van der Waals surface area (Å²) in [5.41, 5.74) is 1.34. The summed E-state index contributed by atoms with van der Waals surface area (Å²) in [7, 11) is 0. The van der Waals surface area contributed by atoms with E-state index in [0.29, 0.717) is 5.69 Å². The molecule has 0 bridgehead atoms. The number of anilines is 1. The summed E-state index contributed by atoms with van der Waals surface area (Å²) in [6.45, 7) is 2.03. The molecule has 0 fully saturated rings. The molecule has 2 aromatic carbocycles. The molecular weight excluding hydrogens is 337 g/mol. The molecule has 2 N–H and O–H groups in total. The largest absolute Gasteiger partial charge is 0.478 e. The first-order chi connectivity index (χ1) is 10.0. The van der Waals surface area contributed by atoms with Gasteiger partial charge in [-0.05, 0) is 42.3 Å². The van der Waals surface area contributed by atoms with Gasteiger partial charge in [-0.1, -0.05) is 35.0 Å². The predicted octanol–water partition coefficient (Wildman–Crippen LogP) is 4.85. The van der Waals surface area contributed by atoms with Crippen molar-refractivity contribution in [3.05, 3.63) is 63.9 Å². The summed E-state index contributed by atoms with van der Waals surface area (Å²) in [6, 6.07) is 12.0. The molecule has 0 aliphatic rings. The Hall–Kier alpha value is -1.88. The van der Waals surface area contributed by atoms with Crippen LogP contribution < -0.4 is 5.32 Å². The number of aromatic carboxylic acids is 1. The third-order valence-corrected chi connectivity index (χ3v) is 3.75. The average Bonchev–Trinajstić information content (AvgIpc) is 2.47. The van der Waals surface area contributed by atoms with Crippen LogP contribution in [0.1, 0.15) is 35.3 Å². The van der Waals surface area contributed by atoms with Crippen LogP contribution in [-0.2, 0) is 0 Å². The fourth-order valence-corrected chi connectivity index (χ4v) is 2.36. The Bertz CT molecular complexity index is 643. The number of halogens is 2. The molecule has 1 unspecified atom stereocenters. The minimum absolute atomic E-state index is 0.0326. The number of rotatable bonds is 5. The Balaban J connectivity index is 2.24. The lowest BCUT2D eigenvalue weighted by molar-refractivity contribution is 0.0692. The van der Waals surface area contributed by atoms with E-state index >= 15 is 0 Å². The standard InChI is InChI=1S/C16H15BrFNO2/c1-2-15(10-3-5-11(17)6-4-10)19-12-7-8-14(18)13(9-12)16(20)21/h3-9,15,19H,2H2,1H3,(H,20,21). The first kappa shape index (κ1) is 15.5. The van der Waals surface area contributed by atoms with Gasteiger partial charge in [-0.2, -0.15) is 0 Å². The van der Waals surface area contributed by atoms with Crippen molar-refractivity contribution in [1.29, 1.82) is 0 Å². The van der Waals surface area contributed by atoms with E-state index < -0.39 is 11.8 Å². The van der Waals surface area contributed by atoms with E-state index in [-0.39, 0.29) is 11.6 Å². The van der Waals surface area contributed by atoms with Crippen molar-refractivity contribution in [2.45, 2.75) is 19.4 Å². The zero-order valence-electron chi connectivity index (χ0n) is 11.4. The first-order valence-electron chi connectivity index (χ1n) is 6.56. The quantitative estimate of drug-likeness (QED) is 0.809. The summed E-state index contributed by atoms with van der Waals surface area (Å²) < 4.78 is 14.4. The van der Waals surface area contributed by atoms with Gasteiger partial charge in [0.2, 0.25) is 0 Å². The Morgan fingerprint density at radius 3 is 2.52 bits per heavy atom. The number of carboxylic acids is 1. The van der Waals surface area contributed by atoms with Gasteiger partial charge in [0.05, 0.1) is 11.6 Å². The van der Waals surface area contributed by atoms with Gasteiger partial charge in [0.1, 0.15) is 5.82 Å². The maximum atomic E-state index is 13.4. The van der Waals surface area contributed by atoms with Gasteiger partial charge in [0.15, 0.2) is 0 Å². The highest BCUT2D eigenvalue weighted by atomic mass is 79.9. The molecule has 0 spiro atoms. The summed E-state index contributed by atoms with van der Waals surface area (Å²) in [5, 5.41) is 12.2. The van der Waals surface area contributed by atoms with Crippen LogP contribution in [0.2, 0.25) is 0 Å². The molecule has 0 amide bonds. The third-order valence-electron chi connectivity index (χ3n) is 3.22. The molecule has 0 aliphatic heterocycles. The Labute approximate surface area is 130 Å². The summed E-state index contributed by atoms with van der Waals surface area (Å²) in [5.74, 6) is -2.00. The van der Waals surface area contributed by atoms with Gasteiger partial charge in [-0.15, -0.1) is 0 Å². The van der Waals surface area contributed by atoms with Gasteiger partial charge in [0, 0.05) is 10.2 Å². The van der Waals surface area contributed by atoms with Crippen molar-refractivity contribution in [2.75, 3.05) is 5.32 Å². The zero-order chi connectivity index (χ0) is 15.4. The lowest BCUT2D eigenvalue weighted by Crippen LogP contribution is -2.11. The van der Waals surface area contributed by atoms with Crippen molar-refractivity contribution in [2.24, 2.45) is 0 Å². The highest BCUT2D eigenvalue weighted by Crippen LogP contribution is 2.25. The number of benzene rings is 2. The Kier molecular flexibility index (Phi) is 4.96. The lowest BCUT2D eigenvalue weighted by atomic mass is 10.0. The van der Waals surface area contributed by atoms with Crippen molar-refractivity contribution >= 4 is 27.6 Å². The van der Waals surface area contributed by atoms with E-state index in [1.807, 2.05) is 31.2 Å². The summed E-state index contributed by atoms with van der Waals surface area (Å²) in [4.78, 5) is 11.0. The van der Waals surface area contributed by atoms with E-state index in [9.17, 15) is 9.18 Å². The third kappa shape index (κ3) is 3.82. The number of carboxylic acid groups (broad SMARTS) is 1. The van der Waals surface area contributed by atoms with Crippen LogP contribution >= 0.6 is 15.9 Å². The second kappa shape index (κ2) is 6.72. The molecule has 3 nitrogen and oxygen atoms in total. The van der Waals surface area contributed by atoms with E-state index in [0.717, 1.165) is 16.5 Å². The van der Waals surface area contributed by atoms with Gasteiger partial charge in [-0.25, -0.2) is 9.18 Å². The number of nitrogens with one attached hydrogen (secondary N) is 1. The predicted molar refractivity (Wildman–Crippen MR) is 84.2 cm³/mol. The minimum atomic E-state index is -1.27. The Morgan fingerprint density at radius 2 is 1.95 bits per heavy atom. The van der Waals surface area contributed by atoms with Crippen molar-refractivity contribution < 1.29 is 14.3 Å². The number of hydrogen-bond acceptors (Lipinski definition) is 2. The van der Waals surface area contributed by atoms with Gasteiger partial charge >= 0.3 is 5.97 Å². The van der Waals surface area contributed by atoms with Gasteiger partial charge in [0.25, 0.3) is 0 Å². The monoisotopic (exact) mass is 351 g/mol. The first-order valence-corrected chi connectivity index (χ1v) is 7.35. The van der Waals surface area contributed by atoms with Crippen LogP contribution in [0.3, 0.4) is 0 Å². The van der Waals surface area contributed by atoms with E-state index in [4.69, 9.17) is 5.11 Å². The fraction of sp³-hybridized carbons (Fsp3) is 0.188. The average molecular weight is 352 g/mol. The molecule has 0 saturated heterocycles. The maximum Gasteiger partial charge on any atom is 0.338 e. The van der Waals surface area contributed by atoms with Crippen LogP contribution in [0.25, 0.3) is 0 Å². The topological polar surface area (TPSA) is 49.3 Å². The molecule has 0 saturated carbocycles. The van der Waals surface area contributed by atoms with Crippen LogP contribution in [0, 0.1) is 5.82 Å². The number of carbonyl (C=O) groups is 1. The second-order valence-corrected chi connectivity index (χ2v) is 5.57. The normalized spacial score (nSPS) is 12.0. The van der Waals surface area contributed by atoms with Crippen LogP contribution in [0.5, 0.6) is 0 Å². The highest BCUT2D eigenvalue weighted by molar-refractivity contribution is 9.10. The Morgan fingerprint density at radius 1 is 1.29 bits per heavy atom. The molecular formula is C16H15BrFNO2. The molecule has 5 heteroatoms. The van der Waals surface area contributed by atoms with Crippen molar-refractivity contribution in [1.82, 2.24) is 0 Å². The molecule has 0 radical (unpaired) electrons. The SMILES string of the molecule is CCC(Nc1ccc(F)c(C(=O)O)c1)c1ccc(Br)cc1. The zero-order valence-corrected chi connectivity index (χ0v) is 13.0. The van der Waals surface area contributed by atoms with Crippen molar-refractivity contribution in [3.63, 3.8) is 0 Å². The van der Waals surface area contributed by atoms with E-state index in [1.165, 1.54) is 12.1 Å². The highest BCUT2D eigenvalue weighted by Gasteiger charge is 2.13. The summed E-state index contributed by atoms with van der Waals surface area (Å²) in [6.07, 6.45) is 0.821. The molecule has 110 valence electrons. The van der Waals surface area contributed by atoms with E-state index in [1.54, 1.807) is 6.07 Å². The van der Waals surface area contributed by atoms with Crippen molar-refractivity contribution in [3.8, 4) is 0 Å².